The lowest BCUT2D eigenvalue weighted by molar-refractivity contribution is 0.110. The Kier molecular flexibility index (Phi) is 4.73. The minimum Gasteiger partial charge on any atom is -0.465 e. The molecule has 1 fully saturated rings. The molecule has 0 bridgehead atoms. The Morgan fingerprint density at radius 1 is 1.50 bits per heavy atom. The van der Waals surface area contributed by atoms with Gasteiger partial charge in [0.25, 0.3) is 0 Å². The molecule has 8 nitrogen and oxygen atoms in total. The first-order valence-electron chi connectivity index (χ1n) is 7.90. The third-order valence-electron chi connectivity index (χ3n) is 4.57. The standard InChI is InChI=1S/C15H19ClN6O2/c1-9-7-22(15(23)24)10(2-4-17)8-21(9)13-11-3-5-18-6-12(11)19-14(16)20-13/h9-10,18H,2-3,5-8H2,1H3,(H,23,24)/t9-,10+/m1/s1. The van der Waals surface area contributed by atoms with Crippen LogP contribution in [0.2, 0.25) is 5.28 Å². The van der Waals surface area contributed by atoms with Crippen LogP contribution in [-0.4, -0.2) is 57.8 Å². The molecule has 0 aliphatic carbocycles. The van der Waals surface area contributed by atoms with E-state index in [1.54, 1.807) is 0 Å². The number of carboxylic acid groups (broad SMARTS) is 1. The first kappa shape index (κ1) is 16.7. The van der Waals surface area contributed by atoms with E-state index in [9.17, 15) is 9.90 Å². The number of nitrogens with one attached hydrogen (secondary N) is 1. The molecule has 0 unspecified atom stereocenters. The number of carbonyl (C=O) groups is 1. The SMILES string of the molecule is C[C@@H]1CN(C(=O)O)[C@@H](CC#N)CN1c1nc(Cl)nc2c1CCNC2. The van der Waals surface area contributed by atoms with E-state index in [2.05, 4.69) is 26.3 Å². The summed E-state index contributed by atoms with van der Waals surface area (Å²) in [6.45, 7) is 4.21. The number of piperazine rings is 1. The highest BCUT2D eigenvalue weighted by molar-refractivity contribution is 6.28. The van der Waals surface area contributed by atoms with Gasteiger partial charge < -0.3 is 20.2 Å². The fourth-order valence-electron chi connectivity index (χ4n) is 3.40. The molecule has 3 rings (SSSR count). The summed E-state index contributed by atoms with van der Waals surface area (Å²) in [5.74, 6) is 0.770. The van der Waals surface area contributed by atoms with Gasteiger partial charge in [-0.3, -0.25) is 0 Å². The fraction of sp³-hybridized carbons (Fsp3) is 0.600. The Balaban J connectivity index is 1.96. The number of rotatable bonds is 2. The topological polar surface area (TPSA) is 105 Å². The van der Waals surface area contributed by atoms with E-state index in [1.165, 1.54) is 4.90 Å². The van der Waals surface area contributed by atoms with Gasteiger partial charge >= 0.3 is 6.09 Å². The van der Waals surface area contributed by atoms with Gasteiger partial charge in [0.1, 0.15) is 5.82 Å². The summed E-state index contributed by atoms with van der Waals surface area (Å²) >= 11 is 6.09. The van der Waals surface area contributed by atoms with Crippen LogP contribution in [0.3, 0.4) is 0 Å². The van der Waals surface area contributed by atoms with Crippen molar-refractivity contribution >= 4 is 23.5 Å². The molecule has 1 aromatic rings. The van der Waals surface area contributed by atoms with Crippen molar-refractivity contribution in [2.24, 2.45) is 0 Å². The molecular formula is C15H19ClN6O2. The first-order valence-corrected chi connectivity index (χ1v) is 8.28. The van der Waals surface area contributed by atoms with Crippen molar-refractivity contribution < 1.29 is 9.90 Å². The lowest BCUT2D eigenvalue weighted by Crippen LogP contribution is -2.59. The van der Waals surface area contributed by atoms with Crippen LogP contribution < -0.4 is 10.2 Å². The van der Waals surface area contributed by atoms with Crippen molar-refractivity contribution in [3.63, 3.8) is 0 Å². The molecule has 9 heteroatoms. The van der Waals surface area contributed by atoms with Crippen LogP contribution in [0.15, 0.2) is 0 Å². The maximum Gasteiger partial charge on any atom is 0.407 e. The third-order valence-corrected chi connectivity index (χ3v) is 4.74. The second-order valence-electron chi connectivity index (χ2n) is 6.12. The normalized spacial score (nSPS) is 23.5. The van der Waals surface area contributed by atoms with E-state index in [4.69, 9.17) is 16.9 Å². The zero-order chi connectivity index (χ0) is 17.3. The highest BCUT2D eigenvalue weighted by atomic mass is 35.5. The minimum absolute atomic E-state index is 0.0546. The number of fused-ring (bicyclic) bond motifs is 1. The minimum atomic E-state index is -0.992. The number of nitriles is 1. The summed E-state index contributed by atoms with van der Waals surface area (Å²) in [6, 6.07) is 1.65. The summed E-state index contributed by atoms with van der Waals surface area (Å²) in [6.07, 6.45) is -0.0389. The Bertz CT molecular complexity index is 691. The Morgan fingerprint density at radius 3 is 3.00 bits per heavy atom. The molecule has 2 atom stereocenters. The van der Waals surface area contributed by atoms with Gasteiger partial charge in [0, 0.05) is 31.2 Å². The lowest BCUT2D eigenvalue weighted by Gasteiger charge is -2.44. The van der Waals surface area contributed by atoms with Crippen LogP contribution in [0, 0.1) is 11.3 Å². The van der Waals surface area contributed by atoms with Gasteiger partial charge in [-0.25, -0.2) is 14.8 Å². The summed E-state index contributed by atoms with van der Waals surface area (Å²) < 4.78 is 0. The highest BCUT2D eigenvalue weighted by Gasteiger charge is 2.36. The zero-order valence-corrected chi connectivity index (χ0v) is 14.1. The summed E-state index contributed by atoms with van der Waals surface area (Å²) in [5, 5.41) is 21.9. The number of anilines is 1. The Hall–Kier alpha value is -2.11. The van der Waals surface area contributed by atoms with Crippen LogP contribution in [0.5, 0.6) is 0 Å². The molecule has 3 heterocycles. The molecule has 0 radical (unpaired) electrons. The summed E-state index contributed by atoms with van der Waals surface area (Å²) in [5.41, 5.74) is 1.95. The second-order valence-corrected chi connectivity index (χ2v) is 6.46. The van der Waals surface area contributed by atoms with Crippen molar-refractivity contribution in [1.82, 2.24) is 20.2 Å². The molecule has 2 aliphatic heterocycles. The van der Waals surface area contributed by atoms with Crippen LogP contribution in [0.4, 0.5) is 10.6 Å². The van der Waals surface area contributed by atoms with Crippen molar-refractivity contribution in [3.05, 3.63) is 16.5 Å². The molecule has 24 heavy (non-hydrogen) atoms. The van der Waals surface area contributed by atoms with E-state index in [0.29, 0.717) is 19.6 Å². The number of hydrogen-bond donors (Lipinski definition) is 2. The number of amides is 1. The Morgan fingerprint density at radius 2 is 2.29 bits per heavy atom. The van der Waals surface area contributed by atoms with Crippen LogP contribution in [-0.2, 0) is 13.0 Å². The maximum atomic E-state index is 11.5. The van der Waals surface area contributed by atoms with Gasteiger partial charge in [-0.2, -0.15) is 5.26 Å². The zero-order valence-electron chi connectivity index (χ0n) is 13.4. The fourth-order valence-corrected chi connectivity index (χ4v) is 3.58. The molecule has 128 valence electrons. The highest BCUT2D eigenvalue weighted by Crippen LogP contribution is 2.30. The second kappa shape index (κ2) is 6.79. The summed E-state index contributed by atoms with van der Waals surface area (Å²) in [7, 11) is 0. The molecule has 1 saturated heterocycles. The van der Waals surface area contributed by atoms with Gasteiger partial charge in [0.2, 0.25) is 5.28 Å². The van der Waals surface area contributed by atoms with Crippen molar-refractivity contribution in [3.8, 4) is 6.07 Å². The largest absolute Gasteiger partial charge is 0.465 e. The Labute approximate surface area is 145 Å². The van der Waals surface area contributed by atoms with E-state index >= 15 is 0 Å². The van der Waals surface area contributed by atoms with Gasteiger partial charge in [0.05, 0.1) is 24.2 Å². The lowest BCUT2D eigenvalue weighted by atomic mass is 10.0. The number of aromatic nitrogens is 2. The predicted molar refractivity (Wildman–Crippen MR) is 88.0 cm³/mol. The molecule has 0 saturated carbocycles. The van der Waals surface area contributed by atoms with E-state index in [-0.39, 0.29) is 23.8 Å². The van der Waals surface area contributed by atoms with E-state index < -0.39 is 6.09 Å². The maximum absolute atomic E-state index is 11.5. The molecule has 1 amide bonds. The average Bonchev–Trinajstić information content (AvgIpc) is 2.55. The van der Waals surface area contributed by atoms with Gasteiger partial charge in [-0.1, -0.05) is 0 Å². The smallest absolute Gasteiger partial charge is 0.407 e. The van der Waals surface area contributed by atoms with Crippen LogP contribution in [0.1, 0.15) is 24.6 Å². The predicted octanol–water partition coefficient (Wildman–Crippen LogP) is 1.25. The summed E-state index contributed by atoms with van der Waals surface area (Å²) in [4.78, 5) is 23.6. The first-order chi connectivity index (χ1) is 11.5. The average molecular weight is 351 g/mol. The molecule has 2 aliphatic rings. The van der Waals surface area contributed by atoms with Gasteiger partial charge in [0.15, 0.2) is 0 Å². The third kappa shape index (κ3) is 3.09. The number of hydrogen-bond acceptors (Lipinski definition) is 6. The molecule has 0 aromatic carbocycles. The molecular weight excluding hydrogens is 332 g/mol. The van der Waals surface area contributed by atoms with Crippen molar-refractivity contribution in [2.75, 3.05) is 24.5 Å². The molecule has 0 spiro atoms. The number of halogens is 1. The monoisotopic (exact) mass is 350 g/mol. The van der Waals surface area contributed by atoms with E-state index in [1.807, 2.05) is 6.92 Å². The van der Waals surface area contributed by atoms with Gasteiger partial charge in [-0.15, -0.1) is 0 Å². The molecule has 1 aromatic heterocycles. The molecule has 2 N–H and O–H groups in total. The van der Waals surface area contributed by atoms with Crippen LogP contribution in [0.25, 0.3) is 0 Å². The van der Waals surface area contributed by atoms with Crippen LogP contribution >= 0.6 is 11.6 Å². The van der Waals surface area contributed by atoms with Crippen molar-refractivity contribution in [1.29, 1.82) is 5.26 Å². The number of nitrogens with zero attached hydrogens (tertiary/aromatic N) is 5. The van der Waals surface area contributed by atoms with Crippen molar-refractivity contribution in [2.45, 2.75) is 38.4 Å². The quantitative estimate of drug-likeness (QED) is 0.773. The van der Waals surface area contributed by atoms with Gasteiger partial charge in [-0.05, 0) is 31.5 Å². The van der Waals surface area contributed by atoms with E-state index in [0.717, 1.165) is 30.0 Å².